The largest absolute Gasteiger partial charge is 0.264 e. The van der Waals surface area contributed by atoms with Crippen LogP contribution >= 0.6 is 0 Å². The molecule has 0 atom stereocenters. The van der Waals surface area contributed by atoms with Crippen LogP contribution in [0.25, 0.3) is 43.8 Å². The first kappa shape index (κ1) is 17.6. The molecule has 29 heavy (non-hydrogen) atoms. The van der Waals surface area contributed by atoms with E-state index in [1.54, 1.807) is 0 Å². The van der Waals surface area contributed by atoms with Gasteiger partial charge in [0.15, 0.2) is 0 Å². The van der Waals surface area contributed by atoms with Gasteiger partial charge in [0.25, 0.3) is 0 Å². The van der Waals surface area contributed by atoms with E-state index >= 15 is 0 Å². The average molecular weight is 373 g/mol. The van der Waals surface area contributed by atoms with E-state index in [2.05, 4.69) is 104 Å². The van der Waals surface area contributed by atoms with Crippen molar-refractivity contribution in [1.29, 1.82) is 0 Å². The number of aromatic nitrogens is 1. The number of benzene rings is 4. The fourth-order valence-electron chi connectivity index (χ4n) is 4.30. The molecule has 0 unspecified atom stereocenters. The molecule has 0 saturated carbocycles. The van der Waals surface area contributed by atoms with Crippen molar-refractivity contribution in [3.63, 3.8) is 0 Å². The fraction of sp³-hybridized carbons (Fsp3) is 0.107. The van der Waals surface area contributed by atoms with Gasteiger partial charge in [-0.25, -0.2) is 0 Å². The first-order chi connectivity index (χ1) is 14.2. The molecule has 0 saturated heterocycles. The van der Waals surface area contributed by atoms with Crippen molar-refractivity contribution in [2.24, 2.45) is 0 Å². The number of fused-ring (bicyclic) bond motifs is 2. The SMILES string of the molecule is CC(C)c1cccc(-c2c3ccccc3c(-c3ccccc3)c3ccncc23)c1. The van der Waals surface area contributed by atoms with Crippen LogP contribution in [-0.2, 0) is 0 Å². The van der Waals surface area contributed by atoms with E-state index in [0.29, 0.717) is 5.92 Å². The second kappa shape index (κ2) is 7.18. The van der Waals surface area contributed by atoms with E-state index < -0.39 is 0 Å². The van der Waals surface area contributed by atoms with Gasteiger partial charge in [0.1, 0.15) is 0 Å². The van der Waals surface area contributed by atoms with Gasteiger partial charge in [-0.05, 0) is 56.0 Å². The van der Waals surface area contributed by atoms with Crippen molar-refractivity contribution in [3.05, 3.63) is 103 Å². The molecule has 0 aliphatic carbocycles. The molecule has 5 rings (SSSR count). The summed E-state index contributed by atoms with van der Waals surface area (Å²) in [5, 5.41) is 5.00. The Balaban J connectivity index is 1.95. The number of rotatable bonds is 3. The van der Waals surface area contributed by atoms with Crippen molar-refractivity contribution < 1.29 is 0 Å². The summed E-state index contributed by atoms with van der Waals surface area (Å²) in [7, 11) is 0. The Kier molecular flexibility index (Phi) is 4.37. The fourth-order valence-corrected chi connectivity index (χ4v) is 4.30. The van der Waals surface area contributed by atoms with E-state index in [1.165, 1.54) is 49.4 Å². The predicted octanol–water partition coefficient (Wildman–Crippen LogP) is 7.85. The molecule has 0 bridgehead atoms. The normalized spacial score (nSPS) is 11.4. The number of hydrogen-bond donors (Lipinski definition) is 0. The summed E-state index contributed by atoms with van der Waals surface area (Å²) < 4.78 is 0. The van der Waals surface area contributed by atoms with Crippen LogP contribution in [0.15, 0.2) is 97.3 Å². The Morgan fingerprint density at radius 1 is 0.586 bits per heavy atom. The molecule has 0 aliphatic rings. The summed E-state index contributed by atoms with van der Waals surface area (Å²) in [6, 6.07) is 30.5. The maximum Gasteiger partial charge on any atom is 0.0353 e. The predicted molar refractivity (Wildman–Crippen MR) is 124 cm³/mol. The van der Waals surface area contributed by atoms with Crippen molar-refractivity contribution in [2.45, 2.75) is 19.8 Å². The van der Waals surface area contributed by atoms with E-state index in [0.717, 1.165) is 0 Å². The second-order valence-electron chi connectivity index (χ2n) is 7.86. The van der Waals surface area contributed by atoms with Crippen LogP contribution in [-0.4, -0.2) is 4.98 Å². The molecule has 140 valence electrons. The summed E-state index contributed by atoms with van der Waals surface area (Å²) in [5.41, 5.74) is 6.40. The zero-order valence-electron chi connectivity index (χ0n) is 16.8. The van der Waals surface area contributed by atoms with Crippen LogP contribution in [0, 0.1) is 0 Å². The first-order valence-corrected chi connectivity index (χ1v) is 10.2. The highest BCUT2D eigenvalue weighted by atomic mass is 14.6. The Hall–Kier alpha value is -3.45. The zero-order valence-corrected chi connectivity index (χ0v) is 16.8. The number of nitrogens with zero attached hydrogens (tertiary/aromatic N) is 1. The third kappa shape index (κ3) is 3.00. The second-order valence-corrected chi connectivity index (χ2v) is 7.86. The highest BCUT2D eigenvalue weighted by Gasteiger charge is 2.16. The molecule has 0 fully saturated rings. The van der Waals surface area contributed by atoms with Gasteiger partial charge in [-0.15, -0.1) is 0 Å². The molecule has 0 radical (unpaired) electrons. The number of pyridine rings is 1. The lowest BCUT2D eigenvalue weighted by molar-refractivity contribution is 0.867. The molecule has 4 aromatic carbocycles. The van der Waals surface area contributed by atoms with Crippen LogP contribution in [0.2, 0.25) is 0 Å². The van der Waals surface area contributed by atoms with Crippen molar-refractivity contribution in [1.82, 2.24) is 4.98 Å². The van der Waals surface area contributed by atoms with Crippen LogP contribution in [0.5, 0.6) is 0 Å². The average Bonchev–Trinajstić information content (AvgIpc) is 2.78. The Bertz CT molecular complexity index is 1260. The van der Waals surface area contributed by atoms with Gasteiger partial charge >= 0.3 is 0 Å². The molecule has 1 heterocycles. The quantitative estimate of drug-likeness (QED) is 0.293. The van der Waals surface area contributed by atoms with Crippen molar-refractivity contribution in [3.8, 4) is 22.3 Å². The third-order valence-electron chi connectivity index (χ3n) is 5.73. The summed E-state index contributed by atoms with van der Waals surface area (Å²) in [5.74, 6) is 0.495. The van der Waals surface area contributed by atoms with Gasteiger partial charge in [0.05, 0.1) is 0 Å². The first-order valence-electron chi connectivity index (χ1n) is 10.2. The van der Waals surface area contributed by atoms with E-state index in [-0.39, 0.29) is 0 Å². The lowest BCUT2D eigenvalue weighted by atomic mass is 9.86. The number of hydrogen-bond acceptors (Lipinski definition) is 1. The van der Waals surface area contributed by atoms with E-state index in [1.807, 2.05) is 12.4 Å². The molecule has 0 N–H and O–H groups in total. The highest BCUT2D eigenvalue weighted by Crippen LogP contribution is 2.43. The van der Waals surface area contributed by atoms with Gasteiger partial charge in [-0.2, -0.15) is 0 Å². The minimum atomic E-state index is 0.495. The van der Waals surface area contributed by atoms with Crippen LogP contribution in [0.3, 0.4) is 0 Å². The lowest BCUT2D eigenvalue weighted by Gasteiger charge is -2.18. The topological polar surface area (TPSA) is 12.9 Å². The summed E-state index contributed by atoms with van der Waals surface area (Å²) in [4.78, 5) is 4.50. The monoisotopic (exact) mass is 373 g/mol. The maximum atomic E-state index is 4.50. The summed E-state index contributed by atoms with van der Waals surface area (Å²) >= 11 is 0. The van der Waals surface area contributed by atoms with Gasteiger partial charge in [0.2, 0.25) is 0 Å². The highest BCUT2D eigenvalue weighted by molar-refractivity contribution is 6.21. The van der Waals surface area contributed by atoms with Crippen LogP contribution < -0.4 is 0 Å². The van der Waals surface area contributed by atoms with Crippen molar-refractivity contribution in [2.75, 3.05) is 0 Å². The molecular weight excluding hydrogens is 350 g/mol. The standard InChI is InChI=1S/C28H23N/c1-19(2)21-11-8-12-22(17-21)28-24-14-7-6-13-23(24)27(20-9-4-3-5-10-20)25-15-16-29-18-26(25)28/h3-19H,1-2H3. The van der Waals surface area contributed by atoms with Gasteiger partial charge < -0.3 is 0 Å². The molecule has 1 heteroatoms. The molecule has 0 spiro atoms. The van der Waals surface area contributed by atoms with Gasteiger partial charge in [0, 0.05) is 17.8 Å². The minimum absolute atomic E-state index is 0.495. The lowest BCUT2D eigenvalue weighted by Crippen LogP contribution is -1.93. The van der Waals surface area contributed by atoms with Crippen molar-refractivity contribution >= 4 is 21.5 Å². The molecular formula is C28H23N. The van der Waals surface area contributed by atoms with Crippen LogP contribution in [0.4, 0.5) is 0 Å². The van der Waals surface area contributed by atoms with Gasteiger partial charge in [-0.1, -0.05) is 92.7 Å². The minimum Gasteiger partial charge on any atom is -0.264 e. The molecule has 1 nitrogen and oxygen atoms in total. The molecule has 5 aromatic rings. The Labute approximate surface area is 171 Å². The van der Waals surface area contributed by atoms with Crippen LogP contribution in [0.1, 0.15) is 25.3 Å². The zero-order chi connectivity index (χ0) is 19.8. The maximum absolute atomic E-state index is 4.50. The molecule has 0 amide bonds. The van der Waals surface area contributed by atoms with E-state index in [4.69, 9.17) is 0 Å². The van der Waals surface area contributed by atoms with E-state index in [9.17, 15) is 0 Å². The Morgan fingerprint density at radius 3 is 1.93 bits per heavy atom. The Morgan fingerprint density at radius 2 is 1.21 bits per heavy atom. The molecule has 1 aromatic heterocycles. The smallest absolute Gasteiger partial charge is 0.0353 e. The van der Waals surface area contributed by atoms with Gasteiger partial charge in [-0.3, -0.25) is 4.98 Å². The summed E-state index contributed by atoms with van der Waals surface area (Å²) in [6.07, 6.45) is 3.92. The summed E-state index contributed by atoms with van der Waals surface area (Å²) in [6.45, 7) is 4.49. The third-order valence-corrected chi connectivity index (χ3v) is 5.73. The molecule has 0 aliphatic heterocycles.